The van der Waals surface area contributed by atoms with Crippen LogP contribution in [-0.4, -0.2) is 14.2 Å². The molecule has 0 unspecified atom stereocenters. The molecule has 0 radical (unpaired) electrons. The van der Waals surface area contributed by atoms with E-state index in [4.69, 9.17) is 14.2 Å². The predicted octanol–water partition coefficient (Wildman–Crippen LogP) is 6.11. The molecule has 5 heteroatoms. The van der Waals surface area contributed by atoms with E-state index >= 15 is 0 Å². The van der Waals surface area contributed by atoms with Crippen LogP contribution in [0.2, 0.25) is 0 Å². The Labute approximate surface area is 179 Å². The molecule has 3 rings (SSSR count). The molecule has 0 aliphatic carbocycles. The van der Waals surface area contributed by atoms with E-state index in [0.29, 0.717) is 23.7 Å². The summed E-state index contributed by atoms with van der Waals surface area (Å²) in [6.07, 6.45) is 1.83. The summed E-state index contributed by atoms with van der Waals surface area (Å²) in [5, 5.41) is 9.64. The number of rotatable bonds is 7. The molecule has 4 nitrogen and oxygen atoms in total. The number of allylic oxidation sites excluding steroid dienone is 1. The largest absolute Gasteiger partial charge is 0.493 e. The number of benzene rings is 3. The van der Waals surface area contributed by atoms with Crippen LogP contribution in [0.4, 0.5) is 0 Å². The zero-order valence-corrected chi connectivity index (χ0v) is 17.8. The van der Waals surface area contributed by atoms with Crippen molar-refractivity contribution in [3.05, 3.63) is 87.9 Å². The Morgan fingerprint density at radius 1 is 0.931 bits per heavy atom. The Morgan fingerprint density at radius 3 is 2.31 bits per heavy atom. The second kappa shape index (κ2) is 9.81. The Balaban J connectivity index is 1.81. The Morgan fingerprint density at radius 2 is 1.66 bits per heavy atom. The average molecular weight is 450 g/mol. The minimum absolute atomic E-state index is 0.490. The van der Waals surface area contributed by atoms with E-state index in [-0.39, 0.29) is 0 Å². The van der Waals surface area contributed by atoms with E-state index < -0.39 is 0 Å². The van der Waals surface area contributed by atoms with E-state index in [0.717, 1.165) is 26.9 Å². The molecule has 0 bridgehead atoms. The van der Waals surface area contributed by atoms with Crippen molar-refractivity contribution >= 4 is 27.6 Å². The minimum atomic E-state index is 0.490. The van der Waals surface area contributed by atoms with Crippen molar-refractivity contribution in [2.24, 2.45) is 0 Å². The molecule has 0 aliphatic rings. The van der Waals surface area contributed by atoms with Gasteiger partial charge in [0, 0.05) is 0 Å². The highest BCUT2D eigenvalue weighted by Gasteiger charge is 2.09. The van der Waals surface area contributed by atoms with Crippen LogP contribution in [0, 0.1) is 11.3 Å². The van der Waals surface area contributed by atoms with Gasteiger partial charge in [0.05, 0.1) is 30.3 Å². The van der Waals surface area contributed by atoms with Crippen molar-refractivity contribution in [1.82, 2.24) is 0 Å². The molecule has 3 aromatic carbocycles. The summed E-state index contributed by atoms with van der Waals surface area (Å²) in [5.74, 6) is 1.95. The van der Waals surface area contributed by atoms with Gasteiger partial charge in [-0.25, -0.2) is 0 Å². The second-order valence-electron chi connectivity index (χ2n) is 6.20. The fraction of sp³-hybridized carbons (Fsp3) is 0.125. The first-order chi connectivity index (χ1) is 14.1. The molecule has 0 atom stereocenters. The van der Waals surface area contributed by atoms with E-state index in [1.807, 2.05) is 60.7 Å². The van der Waals surface area contributed by atoms with Crippen LogP contribution in [0.5, 0.6) is 17.2 Å². The average Bonchev–Trinajstić information content (AvgIpc) is 2.77. The van der Waals surface area contributed by atoms with Gasteiger partial charge in [-0.2, -0.15) is 5.26 Å². The van der Waals surface area contributed by atoms with E-state index in [9.17, 15) is 5.26 Å². The molecule has 0 amide bonds. The number of nitriles is 1. The van der Waals surface area contributed by atoms with Crippen LogP contribution in [0.15, 0.2) is 71.2 Å². The van der Waals surface area contributed by atoms with E-state index in [1.54, 1.807) is 26.4 Å². The Kier molecular flexibility index (Phi) is 6.94. The third kappa shape index (κ3) is 5.18. The normalized spacial score (nSPS) is 10.9. The van der Waals surface area contributed by atoms with Crippen molar-refractivity contribution < 1.29 is 14.2 Å². The third-order valence-corrected chi connectivity index (χ3v) is 4.94. The number of hydrogen-bond acceptors (Lipinski definition) is 4. The molecule has 3 aromatic rings. The number of hydrogen-bond donors (Lipinski definition) is 0. The lowest BCUT2D eigenvalue weighted by Gasteiger charge is -2.10. The number of halogens is 1. The summed E-state index contributed by atoms with van der Waals surface area (Å²) < 4.78 is 17.3. The molecular weight excluding hydrogens is 430 g/mol. The number of nitrogens with zero attached hydrogens (tertiary/aromatic N) is 1. The highest BCUT2D eigenvalue weighted by Crippen LogP contribution is 2.32. The molecule has 146 valence electrons. The topological polar surface area (TPSA) is 51.5 Å². The molecule has 0 aromatic heterocycles. The quantitative estimate of drug-likeness (QED) is 0.322. The lowest BCUT2D eigenvalue weighted by molar-refractivity contribution is 0.304. The van der Waals surface area contributed by atoms with Gasteiger partial charge in [0.25, 0.3) is 0 Å². The lowest BCUT2D eigenvalue weighted by atomic mass is 10.0. The molecule has 0 aliphatic heterocycles. The number of ether oxygens (including phenoxy) is 3. The van der Waals surface area contributed by atoms with Gasteiger partial charge in [-0.05, 0) is 69.0 Å². The van der Waals surface area contributed by atoms with Gasteiger partial charge in [-0.1, -0.05) is 36.4 Å². The molecule has 0 N–H and O–H groups in total. The van der Waals surface area contributed by atoms with Crippen LogP contribution in [-0.2, 0) is 6.61 Å². The molecule has 0 saturated carbocycles. The maximum Gasteiger partial charge on any atom is 0.161 e. The SMILES string of the molecule is COc1ccc(/C(C#N)=C/c2ccc(OCc3ccccc3)c(Br)c2)cc1OC. The minimum Gasteiger partial charge on any atom is -0.493 e. The van der Waals surface area contributed by atoms with Crippen LogP contribution in [0.1, 0.15) is 16.7 Å². The van der Waals surface area contributed by atoms with Crippen molar-refractivity contribution in [3.8, 4) is 23.3 Å². The highest BCUT2D eigenvalue weighted by atomic mass is 79.9. The summed E-state index contributed by atoms with van der Waals surface area (Å²) >= 11 is 3.56. The van der Waals surface area contributed by atoms with Gasteiger partial charge in [-0.3, -0.25) is 0 Å². The van der Waals surface area contributed by atoms with Gasteiger partial charge in [0.15, 0.2) is 11.5 Å². The van der Waals surface area contributed by atoms with E-state index in [1.165, 1.54) is 0 Å². The smallest absolute Gasteiger partial charge is 0.161 e. The van der Waals surface area contributed by atoms with Crippen LogP contribution in [0.3, 0.4) is 0 Å². The van der Waals surface area contributed by atoms with Gasteiger partial charge >= 0.3 is 0 Å². The first kappa shape index (κ1) is 20.5. The van der Waals surface area contributed by atoms with E-state index in [2.05, 4.69) is 22.0 Å². The molecule has 29 heavy (non-hydrogen) atoms. The summed E-state index contributed by atoms with van der Waals surface area (Å²) in [5.41, 5.74) is 3.26. The first-order valence-corrected chi connectivity index (χ1v) is 9.74. The van der Waals surface area contributed by atoms with Crippen molar-refractivity contribution in [2.45, 2.75) is 6.61 Å². The number of methoxy groups -OCH3 is 2. The summed E-state index contributed by atoms with van der Waals surface area (Å²) in [4.78, 5) is 0. The lowest BCUT2D eigenvalue weighted by Crippen LogP contribution is -1.96. The van der Waals surface area contributed by atoms with Crippen molar-refractivity contribution in [3.63, 3.8) is 0 Å². The van der Waals surface area contributed by atoms with Gasteiger partial charge in [0.2, 0.25) is 0 Å². The summed E-state index contributed by atoms with van der Waals surface area (Å²) in [6.45, 7) is 0.490. The third-order valence-electron chi connectivity index (χ3n) is 4.32. The summed E-state index contributed by atoms with van der Waals surface area (Å²) in [6, 6.07) is 23.4. The Bertz CT molecular complexity index is 1060. The van der Waals surface area contributed by atoms with Crippen molar-refractivity contribution in [2.75, 3.05) is 14.2 Å². The zero-order valence-electron chi connectivity index (χ0n) is 16.2. The molecular formula is C24H20BrNO3. The van der Waals surface area contributed by atoms with Gasteiger partial charge in [0.1, 0.15) is 12.4 Å². The second-order valence-corrected chi connectivity index (χ2v) is 7.06. The van der Waals surface area contributed by atoms with Gasteiger partial charge < -0.3 is 14.2 Å². The molecule has 0 saturated heterocycles. The Hall–Kier alpha value is -3.23. The fourth-order valence-electron chi connectivity index (χ4n) is 2.81. The zero-order chi connectivity index (χ0) is 20.6. The van der Waals surface area contributed by atoms with Crippen LogP contribution < -0.4 is 14.2 Å². The fourth-order valence-corrected chi connectivity index (χ4v) is 3.32. The van der Waals surface area contributed by atoms with Crippen molar-refractivity contribution in [1.29, 1.82) is 5.26 Å². The standard InChI is InChI=1S/C24H20BrNO3/c1-27-23-11-9-19(14-24(23)28-2)20(15-26)12-18-8-10-22(21(25)13-18)29-16-17-6-4-3-5-7-17/h3-14H,16H2,1-2H3/b20-12+. The summed E-state index contributed by atoms with van der Waals surface area (Å²) in [7, 11) is 3.15. The maximum atomic E-state index is 9.64. The molecule has 0 heterocycles. The van der Waals surface area contributed by atoms with Crippen LogP contribution in [0.25, 0.3) is 11.6 Å². The maximum absolute atomic E-state index is 9.64. The van der Waals surface area contributed by atoms with Gasteiger partial charge in [-0.15, -0.1) is 0 Å². The molecule has 0 fully saturated rings. The predicted molar refractivity (Wildman–Crippen MR) is 118 cm³/mol. The first-order valence-electron chi connectivity index (χ1n) is 8.95. The molecule has 0 spiro atoms. The monoisotopic (exact) mass is 449 g/mol. The van der Waals surface area contributed by atoms with Crippen LogP contribution >= 0.6 is 15.9 Å². The highest BCUT2D eigenvalue weighted by molar-refractivity contribution is 9.10.